The Bertz CT molecular complexity index is 888. The number of nitrogens with one attached hydrogen (secondary N) is 1. The van der Waals surface area contributed by atoms with Crippen molar-refractivity contribution in [3.05, 3.63) is 39.8 Å². The molecule has 8 heteroatoms. The third kappa shape index (κ3) is 3.83. The van der Waals surface area contributed by atoms with Crippen LogP contribution in [0, 0.1) is 5.92 Å². The van der Waals surface area contributed by atoms with E-state index < -0.39 is 0 Å². The number of benzene rings is 1. The molecule has 1 aromatic carbocycles. The highest BCUT2D eigenvalue weighted by Crippen LogP contribution is 2.28. The van der Waals surface area contributed by atoms with Crippen LogP contribution in [0.25, 0.3) is 11.1 Å². The van der Waals surface area contributed by atoms with Crippen LogP contribution in [-0.4, -0.2) is 35.5 Å². The SMILES string of the molecule is O=C(NCCc1cscn1)C1CCN(c2nc3ccc(Cl)cc3o2)CC1. The summed E-state index contributed by atoms with van der Waals surface area (Å²) in [5, 5.41) is 5.67. The molecule has 6 nitrogen and oxygen atoms in total. The number of hydrogen-bond acceptors (Lipinski definition) is 6. The molecule has 4 rings (SSSR count). The second-order valence-corrected chi connectivity index (χ2v) is 7.55. The van der Waals surface area contributed by atoms with Crippen molar-refractivity contribution in [2.24, 2.45) is 5.92 Å². The van der Waals surface area contributed by atoms with E-state index >= 15 is 0 Å². The smallest absolute Gasteiger partial charge is 0.298 e. The van der Waals surface area contributed by atoms with Gasteiger partial charge in [-0.2, -0.15) is 4.98 Å². The van der Waals surface area contributed by atoms with Crippen molar-refractivity contribution < 1.29 is 9.21 Å². The second-order valence-electron chi connectivity index (χ2n) is 6.39. The summed E-state index contributed by atoms with van der Waals surface area (Å²) in [6.07, 6.45) is 2.36. The van der Waals surface area contributed by atoms with Crippen molar-refractivity contribution in [1.82, 2.24) is 15.3 Å². The first-order chi connectivity index (χ1) is 12.7. The summed E-state index contributed by atoms with van der Waals surface area (Å²) in [7, 11) is 0. The minimum absolute atomic E-state index is 0.0421. The zero-order valence-corrected chi connectivity index (χ0v) is 15.7. The number of oxazole rings is 1. The number of aromatic nitrogens is 2. The Labute approximate surface area is 160 Å². The highest BCUT2D eigenvalue weighted by Gasteiger charge is 2.27. The average molecular weight is 391 g/mol. The summed E-state index contributed by atoms with van der Waals surface area (Å²) in [6, 6.07) is 6.03. The third-order valence-corrected chi connectivity index (χ3v) is 5.51. The van der Waals surface area contributed by atoms with Gasteiger partial charge in [0.25, 0.3) is 6.01 Å². The van der Waals surface area contributed by atoms with Gasteiger partial charge in [-0.1, -0.05) is 11.6 Å². The lowest BCUT2D eigenvalue weighted by Crippen LogP contribution is -2.41. The third-order valence-electron chi connectivity index (χ3n) is 4.64. The number of amides is 1. The zero-order valence-electron chi connectivity index (χ0n) is 14.2. The van der Waals surface area contributed by atoms with Gasteiger partial charge in [0, 0.05) is 48.4 Å². The number of piperidine rings is 1. The van der Waals surface area contributed by atoms with E-state index in [1.54, 1.807) is 23.5 Å². The maximum atomic E-state index is 12.3. The van der Waals surface area contributed by atoms with Crippen LogP contribution in [0.3, 0.4) is 0 Å². The van der Waals surface area contributed by atoms with Gasteiger partial charge in [0.05, 0.1) is 11.2 Å². The number of anilines is 1. The lowest BCUT2D eigenvalue weighted by Gasteiger charge is -2.30. The fourth-order valence-corrected chi connectivity index (χ4v) is 3.93. The van der Waals surface area contributed by atoms with Crippen LogP contribution in [0.15, 0.2) is 33.5 Å². The normalized spacial score (nSPS) is 15.5. The monoisotopic (exact) mass is 390 g/mol. The molecule has 1 saturated heterocycles. The van der Waals surface area contributed by atoms with Crippen LogP contribution in [0.2, 0.25) is 5.02 Å². The van der Waals surface area contributed by atoms with Crippen molar-refractivity contribution in [1.29, 1.82) is 0 Å². The first-order valence-corrected chi connectivity index (χ1v) is 9.97. The molecule has 26 heavy (non-hydrogen) atoms. The lowest BCUT2D eigenvalue weighted by atomic mass is 9.96. The summed E-state index contributed by atoms with van der Waals surface area (Å²) in [4.78, 5) is 23.2. The van der Waals surface area contributed by atoms with Crippen LogP contribution in [0.4, 0.5) is 6.01 Å². The lowest BCUT2D eigenvalue weighted by molar-refractivity contribution is -0.125. The Balaban J connectivity index is 1.29. The number of hydrogen-bond donors (Lipinski definition) is 1. The molecule has 2 aromatic heterocycles. The number of carbonyl (C=O) groups is 1. The van der Waals surface area contributed by atoms with Crippen LogP contribution in [0.5, 0.6) is 0 Å². The van der Waals surface area contributed by atoms with Crippen LogP contribution < -0.4 is 10.2 Å². The summed E-state index contributed by atoms with van der Waals surface area (Å²) in [5.74, 6) is 0.171. The van der Waals surface area contributed by atoms with Gasteiger partial charge in [0.15, 0.2) is 5.58 Å². The fraction of sp³-hybridized carbons (Fsp3) is 0.389. The molecular weight excluding hydrogens is 372 g/mol. The molecule has 0 radical (unpaired) electrons. The molecule has 1 aliphatic rings. The highest BCUT2D eigenvalue weighted by atomic mass is 35.5. The molecule has 1 fully saturated rings. The predicted octanol–water partition coefficient (Wildman–Crippen LogP) is 3.51. The van der Waals surface area contributed by atoms with E-state index in [0.29, 0.717) is 23.2 Å². The van der Waals surface area contributed by atoms with Gasteiger partial charge in [-0.15, -0.1) is 11.3 Å². The van der Waals surface area contributed by atoms with E-state index in [9.17, 15) is 4.79 Å². The van der Waals surface area contributed by atoms with Gasteiger partial charge in [0.2, 0.25) is 5.91 Å². The van der Waals surface area contributed by atoms with E-state index in [1.165, 1.54) is 0 Å². The maximum absolute atomic E-state index is 12.3. The molecule has 0 spiro atoms. The van der Waals surface area contributed by atoms with Crippen molar-refractivity contribution in [2.75, 3.05) is 24.5 Å². The summed E-state index contributed by atoms with van der Waals surface area (Å²) >= 11 is 7.57. The number of carbonyl (C=O) groups excluding carboxylic acids is 1. The topological polar surface area (TPSA) is 71.3 Å². The van der Waals surface area contributed by atoms with Gasteiger partial charge in [-0.3, -0.25) is 4.79 Å². The number of halogens is 1. The molecule has 136 valence electrons. The summed E-state index contributed by atoms with van der Waals surface area (Å²) in [6.45, 7) is 2.14. The number of rotatable bonds is 5. The standard InChI is InChI=1S/C18H19ClN4O2S/c19-13-1-2-15-16(9-13)25-18(22-15)23-7-4-12(5-8-23)17(24)20-6-3-14-10-26-11-21-14/h1-2,9-12H,3-8H2,(H,20,24). The summed E-state index contributed by atoms with van der Waals surface area (Å²) in [5.41, 5.74) is 4.33. The molecule has 0 bridgehead atoms. The Hall–Kier alpha value is -2.12. The minimum Gasteiger partial charge on any atom is -0.423 e. The number of nitrogens with zero attached hydrogens (tertiary/aromatic N) is 3. The molecular formula is C18H19ClN4O2S. The average Bonchev–Trinajstić information content (AvgIpc) is 3.31. The van der Waals surface area contributed by atoms with E-state index in [4.69, 9.17) is 16.0 Å². The van der Waals surface area contributed by atoms with Crippen LogP contribution in [-0.2, 0) is 11.2 Å². The molecule has 0 unspecified atom stereocenters. The van der Waals surface area contributed by atoms with Gasteiger partial charge >= 0.3 is 0 Å². The largest absolute Gasteiger partial charge is 0.423 e. The molecule has 3 heterocycles. The van der Waals surface area contributed by atoms with E-state index in [1.807, 2.05) is 17.0 Å². The summed E-state index contributed by atoms with van der Waals surface area (Å²) < 4.78 is 5.81. The van der Waals surface area contributed by atoms with E-state index in [2.05, 4.69) is 20.2 Å². The maximum Gasteiger partial charge on any atom is 0.298 e. The molecule has 0 saturated carbocycles. The Kier molecular flexibility index (Phi) is 5.08. The highest BCUT2D eigenvalue weighted by molar-refractivity contribution is 7.07. The second kappa shape index (κ2) is 7.63. The minimum atomic E-state index is 0.0421. The van der Waals surface area contributed by atoms with Gasteiger partial charge in [-0.25, -0.2) is 4.98 Å². The fourth-order valence-electron chi connectivity index (χ4n) is 3.17. The quantitative estimate of drug-likeness (QED) is 0.721. The molecule has 0 atom stereocenters. The van der Waals surface area contributed by atoms with Crippen molar-refractivity contribution in [2.45, 2.75) is 19.3 Å². The van der Waals surface area contributed by atoms with Crippen molar-refractivity contribution in [3.8, 4) is 0 Å². The molecule has 0 aliphatic carbocycles. The number of fused-ring (bicyclic) bond motifs is 1. The first-order valence-electron chi connectivity index (χ1n) is 8.65. The first kappa shape index (κ1) is 17.3. The van der Waals surface area contributed by atoms with Crippen molar-refractivity contribution in [3.63, 3.8) is 0 Å². The van der Waals surface area contributed by atoms with Crippen LogP contribution in [0.1, 0.15) is 18.5 Å². The van der Waals surface area contributed by atoms with Gasteiger partial charge in [0.1, 0.15) is 5.52 Å². The van der Waals surface area contributed by atoms with Crippen LogP contribution >= 0.6 is 22.9 Å². The Morgan fingerprint density at radius 2 is 2.23 bits per heavy atom. The van der Waals surface area contributed by atoms with Gasteiger partial charge in [-0.05, 0) is 25.0 Å². The number of thiazole rings is 1. The van der Waals surface area contributed by atoms with E-state index in [0.717, 1.165) is 43.6 Å². The zero-order chi connectivity index (χ0) is 17.9. The Morgan fingerprint density at radius 3 is 3.00 bits per heavy atom. The Morgan fingerprint density at radius 1 is 1.38 bits per heavy atom. The molecule has 1 aliphatic heterocycles. The molecule has 1 N–H and O–H groups in total. The molecule has 1 amide bonds. The van der Waals surface area contributed by atoms with E-state index in [-0.39, 0.29) is 11.8 Å². The predicted molar refractivity (Wildman–Crippen MR) is 103 cm³/mol. The molecule has 3 aromatic rings. The van der Waals surface area contributed by atoms with Gasteiger partial charge < -0.3 is 14.6 Å². The van der Waals surface area contributed by atoms with Crippen molar-refractivity contribution >= 4 is 46.0 Å².